The van der Waals surface area contributed by atoms with Gasteiger partial charge in [0.05, 0.1) is 0 Å². The molecule has 0 bridgehead atoms. The molecular weight excluding hydrogens is 294 g/mol. The number of carbonyl (C=O) groups excluding carboxylic acids is 2. The molecule has 22 heavy (non-hydrogen) atoms. The van der Waals surface area contributed by atoms with Gasteiger partial charge in [0.15, 0.2) is 11.6 Å². The molecule has 0 aliphatic heterocycles. The van der Waals surface area contributed by atoms with Crippen LogP contribution >= 0.6 is 0 Å². The fourth-order valence-corrected chi connectivity index (χ4v) is 2.09. The second kappa shape index (κ2) is 6.83. The first-order chi connectivity index (χ1) is 10.5. The summed E-state index contributed by atoms with van der Waals surface area (Å²) < 4.78 is 30.8. The summed E-state index contributed by atoms with van der Waals surface area (Å²) in [7, 11) is 1.57. The molecule has 2 rings (SSSR count). The zero-order chi connectivity index (χ0) is 16.2. The first kappa shape index (κ1) is 16.4. The van der Waals surface area contributed by atoms with Crippen LogP contribution in [0.3, 0.4) is 0 Å². The Balaban J connectivity index is 1.93. The summed E-state index contributed by atoms with van der Waals surface area (Å²) in [5.74, 6) is -2.88. The molecule has 120 valence electrons. The minimum absolute atomic E-state index is 0.127. The molecule has 0 heterocycles. The van der Waals surface area contributed by atoms with Crippen LogP contribution in [-0.4, -0.2) is 32.1 Å². The molecule has 0 spiro atoms. The van der Waals surface area contributed by atoms with E-state index in [1.807, 2.05) is 0 Å². The van der Waals surface area contributed by atoms with Crippen LogP contribution in [0.4, 0.5) is 14.5 Å². The van der Waals surface area contributed by atoms with Crippen LogP contribution < -0.4 is 10.6 Å². The molecule has 1 aromatic rings. The molecule has 5 nitrogen and oxygen atoms in total. The minimum Gasteiger partial charge on any atom is -0.385 e. The fourth-order valence-electron chi connectivity index (χ4n) is 2.09. The Hall–Kier alpha value is -2.02. The molecule has 0 unspecified atom stereocenters. The maximum atomic E-state index is 13.1. The molecule has 0 radical (unpaired) electrons. The predicted octanol–water partition coefficient (Wildman–Crippen LogP) is 1.84. The van der Waals surface area contributed by atoms with Gasteiger partial charge in [0.1, 0.15) is 5.41 Å². The van der Waals surface area contributed by atoms with E-state index in [9.17, 15) is 18.4 Å². The van der Waals surface area contributed by atoms with Gasteiger partial charge in [-0.25, -0.2) is 8.78 Å². The minimum atomic E-state index is -1.10. The summed E-state index contributed by atoms with van der Waals surface area (Å²) in [5.41, 5.74) is -0.972. The molecule has 0 aromatic heterocycles. The lowest BCUT2D eigenvalue weighted by Gasteiger charge is -2.15. The van der Waals surface area contributed by atoms with E-state index in [1.165, 1.54) is 6.07 Å². The van der Waals surface area contributed by atoms with Gasteiger partial charge in [-0.05, 0) is 31.4 Å². The monoisotopic (exact) mass is 312 g/mol. The summed E-state index contributed by atoms with van der Waals surface area (Å²) in [6.07, 6.45) is 1.54. The first-order valence-corrected chi connectivity index (χ1v) is 7.03. The highest BCUT2D eigenvalue weighted by molar-refractivity contribution is 6.13. The van der Waals surface area contributed by atoms with Crippen molar-refractivity contribution in [3.63, 3.8) is 0 Å². The van der Waals surface area contributed by atoms with Gasteiger partial charge < -0.3 is 15.4 Å². The highest BCUT2D eigenvalue weighted by atomic mass is 19.2. The topological polar surface area (TPSA) is 67.4 Å². The number of hydrogen-bond acceptors (Lipinski definition) is 3. The average molecular weight is 312 g/mol. The van der Waals surface area contributed by atoms with Crippen LogP contribution in [0.25, 0.3) is 0 Å². The Morgan fingerprint density at radius 1 is 1.23 bits per heavy atom. The van der Waals surface area contributed by atoms with Crippen molar-refractivity contribution < 1.29 is 23.1 Å². The maximum Gasteiger partial charge on any atom is 0.240 e. The quantitative estimate of drug-likeness (QED) is 0.596. The Bertz CT molecular complexity index is 574. The number of benzene rings is 1. The number of hydrogen-bond donors (Lipinski definition) is 2. The van der Waals surface area contributed by atoms with E-state index < -0.39 is 23.0 Å². The second-order valence-corrected chi connectivity index (χ2v) is 5.27. The third kappa shape index (κ3) is 3.59. The second-order valence-electron chi connectivity index (χ2n) is 5.27. The molecule has 1 saturated carbocycles. The Labute approximate surface area is 127 Å². The van der Waals surface area contributed by atoms with Crippen molar-refractivity contribution in [1.29, 1.82) is 0 Å². The molecule has 2 N–H and O–H groups in total. The van der Waals surface area contributed by atoms with Gasteiger partial charge in [-0.2, -0.15) is 0 Å². The Morgan fingerprint density at radius 2 is 1.95 bits per heavy atom. The van der Waals surface area contributed by atoms with Crippen LogP contribution in [0.1, 0.15) is 19.3 Å². The first-order valence-electron chi connectivity index (χ1n) is 7.03. The van der Waals surface area contributed by atoms with Crippen molar-refractivity contribution in [2.75, 3.05) is 25.6 Å². The van der Waals surface area contributed by atoms with Crippen LogP contribution in [0.15, 0.2) is 18.2 Å². The predicted molar refractivity (Wildman–Crippen MR) is 76.2 cm³/mol. The normalized spacial score (nSPS) is 15.2. The van der Waals surface area contributed by atoms with E-state index >= 15 is 0 Å². The summed E-state index contributed by atoms with van der Waals surface area (Å²) in [4.78, 5) is 24.3. The van der Waals surface area contributed by atoms with E-state index in [0.29, 0.717) is 32.4 Å². The molecule has 1 aliphatic carbocycles. The van der Waals surface area contributed by atoms with E-state index in [-0.39, 0.29) is 11.6 Å². The maximum absolute atomic E-state index is 13.1. The summed E-state index contributed by atoms with van der Waals surface area (Å²) >= 11 is 0. The van der Waals surface area contributed by atoms with Gasteiger partial charge in [-0.3, -0.25) is 9.59 Å². The fraction of sp³-hybridized carbons (Fsp3) is 0.467. The smallest absolute Gasteiger partial charge is 0.240 e. The van der Waals surface area contributed by atoms with Gasteiger partial charge in [-0.15, -0.1) is 0 Å². The molecule has 0 atom stereocenters. The lowest BCUT2D eigenvalue weighted by atomic mass is 10.0. The van der Waals surface area contributed by atoms with E-state index in [0.717, 1.165) is 12.1 Å². The van der Waals surface area contributed by atoms with Crippen molar-refractivity contribution in [3.8, 4) is 0 Å². The highest BCUT2D eigenvalue weighted by Gasteiger charge is 2.56. The van der Waals surface area contributed by atoms with Crippen molar-refractivity contribution in [2.45, 2.75) is 19.3 Å². The van der Waals surface area contributed by atoms with Gasteiger partial charge in [0.2, 0.25) is 11.8 Å². The van der Waals surface area contributed by atoms with E-state index in [4.69, 9.17) is 4.74 Å². The van der Waals surface area contributed by atoms with Crippen molar-refractivity contribution in [1.82, 2.24) is 5.32 Å². The van der Waals surface area contributed by atoms with Gasteiger partial charge in [-0.1, -0.05) is 0 Å². The number of halogens is 2. The number of carbonyl (C=O) groups is 2. The zero-order valence-corrected chi connectivity index (χ0v) is 12.2. The SMILES string of the molecule is COCCCNC(=O)C1(C(=O)Nc2ccc(F)c(F)c2)CC1. The van der Waals surface area contributed by atoms with Crippen LogP contribution in [0.5, 0.6) is 0 Å². The zero-order valence-electron chi connectivity index (χ0n) is 12.2. The lowest BCUT2D eigenvalue weighted by molar-refractivity contribution is -0.134. The molecule has 1 aromatic carbocycles. The van der Waals surface area contributed by atoms with Crippen molar-refractivity contribution in [2.24, 2.45) is 5.41 Å². The number of amides is 2. The van der Waals surface area contributed by atoms with E-state index in [2.05, 4.69) is 10.6 Å². The van der Waals surface area contributed by atoms with Gasteiger partial charge >= 0.3 is 0 Å². The number of nitrogens with one attached hydrogen (secondary N) is 2. The molecule has 7 heteroatoms. The lowest BCUT2D eigenvalue weighted by Crippen LogP contribution is -2.40. The molecule has 1 fully saturated rings. The summed E-state index contributed by atoms with van der Waals surface area (Å²) in [5, 5.41) is 5.16. The van der Waals surface area contributed by atoms with E-state index in [1.54, 1.807) is 7.11 Å². The number of rotatable bonds is 7. The average Bonchev–Trinajstić information content (AvgIpc) is 3.29. The standard InChI is InChI=1S/C15H18F2N2O3/c1-22-8-2-7-18-13(20)15(5-6-15)14(21)19-10-3-4-11(16)12(17)9-10/h3-4,9H,2,5-8H2,1H3,(H,18,20)(H,19,21). The molecule has 1 aliphatic rings. The van der Waals surface area contributed by atoms with Gasteiger partial charge in [0.25, 0.3) is 0 Å². The number of anilines is 1. The third-order valence-electron chi connectivity index (χ3n) is 3.61. The molecular formula is C15H18F2N2O3. The van der Waals surface area contributed by atoms with Gasteiger partial charge in [0, 0.05) is 32.0 Å². The summed E-state index contributed by atoms with van der Waals surface area (Å²) in [6, 6.07) is 3.07. The largest absolute Gasteiger partial charge is 0.385 e. The van der Waals surface area contributed by atoms with Crippen molar-refractivity contribution in [3.05, 3.63) is 29.8 Å². The summed E-state index contributed by atoms with van der Waals surface area (Å²) in [6.45, 7) is 0.946. The third-order valence-corrected chi connectivity index (χ3v) is 3.61. The highest BCUT2D eigenvalue weighted by Crippen LogP contribution is 2.46. The molecule has 0 saturated heterocycles. The number of methoxy groups -OCH3 is 1. The molecule has 2 amide bonds. The Kier molecular flexibility index (Phi) is 5.07. The number of ether oxygens (including phenoxy) is 1. The van der Waals surface area contributed by atoms with Crippen LogP contribution in [-0.2, 0) is 14.3 Å². The van der Waals surface area contributed by atoms with Crippen LogP contribution in [0, 0.1) is 17.0 Å². The van der Waals surface area contributed by atoms with Crippen molar-refractivity contribution >= 4 is 17.5 Å². The Morgan fingerprint density at radius 3 is 2.55 bits per heavy atom. The van der Waals surface area contributed by atoms with Crippen LogP contribution in [0.2, 0.25) is 0 Å².